The molecule has 0 heterocycles. The van der Waals surface area contributed by atoms with E-state index in [4.69, 9.17) is 5.11 Å². The Morgan fingerprint density at radius 3 is 1.65 bits per heavy atom. The lowest BCUT2D eigenvalue weighted by atomic mass is 10.2. The molecule has 0 amide bonds. The summed E-state index contributed by atoms with van der Waals surface area (Å²) in [6.07, 6.45) is 3.85. The normalized spacial score (nSPS) is 11.1. The Kier molecular flexibility index (Phi) is 13.1. The van der Waals surface area contributed by atoms with Crippen molar-refractivity contribution >= 4 is 32.9 Å². The van der Waals surface area contributed by atoms with E-state index in [1.54, 1.807) is 24.3 Å². The highest BCUT2D eigenvalue weighted by Gasteiger charge is 2.19. The Morgan fingerprint density at radius 2 is 1.30 bits per heavy atom. The van der Waals surface area contributed by atoms with Gasteiger partial charge in [-0.3, -0.25) is 20.2 Å². The third-order valence-corrected chi connectivity index (χ3v) is 7.55. The number of phenolic OH excluding ortho intramolecular Hbond substituents is 1. The molecule has 0 radical (unpaired) electrons. The fourth-order valence-electron chi connectivity index (χ4n) is 4.25. The summed E-state index contributed by atoms with van der Waals surface area (Å²) in [6, 6.07) is 16.5. The minimum atomic E-state index is -4.47. The lowest BCUT2D eigenvalue weighted by Gasteiger charge is -2.34. The van der Waals surface area contributed by atoms with Gasteiger partial charge in [-0.15, -0.1) is 0 Å². The average Bonchev–Trinajstić information content (AvgIpc) is 2.95. The van der Waals surface area contributed by atoms with Crippen LogP contribution in [0.4, 0.5) is 22.7 Å². The fraction of sp³-hybridized carbons (Fsp3) is 0.310. The zero-order chi connectivity index (χ0) is 32.0. The zero-order valence-electron chi connectivity index (χ0n) is 24.1. The molecule has 0 aromatic heterocycles. The number of hydrogen-bond acceptors (Lipinski definition) is 10. The van der Waals surface area contributed by atoms with Crippen LogP contribution in [0.3, 0.4) is 0 Å². The number of rotatable bonds is 15. The van der Waals surface area contributed by atoms with E-state index in [0.29, 0.717) is 5.56 Å². The number of aromatic hydroxyl groups is 1. The Hall–Kier alpha value is -4.53. The van der Waals surface area contributed by atoms with Crippen LogP contribution in [0.5, 0.6) is 5.75 Å². The Bertz CT molecular complexity index is 1410. The van der Waals surface area contributed by atoms with Gasteiger partial charge in [0.05, 0.1) is 41.4 Å². The monoisotopic (exact) mass is 615 g/mol. The number of quaternary nitrogens is 1. The molecule has 0 aliphatic rings. The second-order valence-corrected chi connectivity index (χ2v) is 11.5. The van der Waals surface area contributed by atoms with E-state index in [2.05, 4.69) is 24.3 Å². The van der Waals surface area contributed by atoms with Crippen LogP contribution in [0.25, 0.3) is 0 Å². The predicted molar refractivity (Wildman–Crippen MR) is 164 cm³/mol. The quantitative estimate of drug-likeness (QED) is 0.0521. The molecule has 43 heavy (non-hydrogen) atoms. The van der Waals surface area contributed by atoms with Gasteiger partial charge in [0.2, 0.25) is 0 Å². The molecule has 0 saturated heterocycles. The van der Waals surface area contributed by atoms with E-state index in [1.165, 1.54) is 43.3 Å². The van der Waals surface area contributed by atoms with Crippen LogP contribution >= 0.6 is 0 Å². The first kappa shape index (κ1) is 34.7. The third-order valence-electron chi connectivity index (χ3n) is 6.57. The lowest BCUT2D eigenvalue weighted by Crippen LogP contribution is -2.46. The van der Waals surface area contributed by atoms with Crippen LogP contribution in [0.2, 0.25) is 0 Å². The largest absolute Gasteiger partial charge is 0.744 e. The van der Waals surface area contributed by atoms with Crippen LogP contribution in [-0.2, 0) is 10.1 Å². The van der Waals surface area contributed by atoms with Crippen molar-refractivity contribution in [3.63, 3.8) is 0 Å². The van der Waals surface area contributed by atoms with Crippen molar-refractivity contribution in [2.45, 2.75) is 24.7 Å². The number of hydrogen-bond donors (Lipinski definition) is 3. The van der Waals surface area contributed by atoms with E-state index in [9.17, 15) is 33.2 Å². The molecular weight excluding hydrogens is 578 g/mol. The molecule has 0 aliphatic carbocycles. The molecule has 0 saturated carbocycles. The maximum absolute atomic E-state index is 10.7. The average molecular weight is 616 g/mol. The predicted octanol–water partition coefficient (Wildman–Crippen LogP) is 5.04. The van der Waals surface area contributed by atoms with Crippen LogP contribution in [-0.4, -0.2) is 72.2 Å². The molecule has 232 valence electrons. The van der Waals surface area contributed by atoms with Gasteiger partial charge in [0.25, 0.3) is 11.4 Å². The number of likely N-dealkylation sites (N-methyl/N-ethyl adjacent to an activating group) is 1. The number of phenols is 1. The van der Waals surface area contributed by atoms with Crippen molar-refractivity contribution in [1.29, 1.82) is 0 Å². The Labute approximate surface area is 251 Å². The summed E-state index contributed by atoms with van der Waals surface area (Å²) in [7, 11) is -2.26. The summed E-state index contributed by atoms with van der Waals surface area (Å²) in [6.45, 7) is 9.76. The molecule has 0 spiro atoms. The van der Waals surface area contributed by atoms with Gasteiger partial charge in [-0.2, -0.15) is 0 Å². The molecule has 0 unspecified atom stereocenters. The molecule has 14 heteroatoms. The van der Waals surface area contributed by atoms with Crippen molar-refractivity contribution in [1.82, 2.24) is 0 Å². The minimum Gasteiger partial charge on any atom is -0.744 e. The van der Waals surface area contributed by atoms with Gasteiger partial charge in [0.1, 0.15) is 15.9 Å². The Balaban J connectivity index is 0.000000448. The van der Waals surface area contributed by atoms with Crippen LogP contribution in [0.15, 0.2) is 84.3 Å². The first-order chi connectivity index (χ1) is 20.2. The third kappa shape index (κ3) is 12.1. The number of aryl methyl sites for hydroxylation is 1. The summed E-state index contributed by atoms with van der Waals surface area (Å²) < 4.78 is 32.5. The second kappa shape index (κ2) is 16.2. The SMILES string of the molecule is C=CC[N+](C)(CCCNc1ccc([N+](=O)[O-])cc1)CCCNc1ccc([N+](=O)[O-])cc1.Cc1ccc(O)cc1S(=O)(=O)[O-]. The standard InChI is InChI=1S/C22H30N5O4.C7H8O4S/c1-3-16-27(2,17-4-14-23-19-6-10-21(11-7-19)25(28)29)18-5-15-24-20-8-12-22(13-9-20)26(30)31;1-5-2-3-6(8)4-7(5)12(9,10)11/h3,6-13,23-24H,1,4-5,14-18H2,2H3;2-4,8H,1H3,(H,9,10,11)/q+1;/p-1. The van der Waals surface area contributed by atoms with Gasteiger partial charge in [-0.1, -0.05) is 12.6 Å². The number of nitro groups is 2. The number of nitrogens with zero attached hydrogens (tertiary/aromatic N) is 3. The van der Waals surface area contributed by atoms with Crippen molar-refractivity contribution in [2.75, 3.05) is 50.4 Å². The number of benzene rings is 3. The number of non-ortho nitro benzene ring substituents is 2. The summed E-state index contributed by atoms with van der Waals surface area (Å²) in [5.74, 6) is -0.227. The van der Waals surface area contributed by atoms with E-state index in [0.717, 1.165) is 67.5 Å². The van der Waals surface area contributed by atoms with E-state index in [-0.39, 0.29) is 22.0 Å². The van der Waals surface area contributed by atoms with Gasteiger partial charge in [-0.05, 0) is 55.0 Å². The van der Waals surface area contributed by atoms with Crippen LogP contribution in [0, 0.1) is 27.2 Å². The topological polar surface area (TPSA) is 188 Å². The van der Waals surface area contributed by atoms with E-state index < -0.39 is 20.0 Å². The van der Waals surface area contributed by atoms with Crippen molar-refractivity contribution in [2.24, 2.45) is 0 Å². The van der Waals surface area contributed by atoms with Crippen molar-refractivity contribution in [3.8, 4) is 5.75 Å². The summed E-state index contributed by atoms with van der Waals surface area (Å²) in [5.41, 5.74) is 2.25. The van der Waals surface area contributed by atoms with Crippen molar-refractivity contribution in [3.05, 3.63) is 105 Å². The molecule has 0 aliphatic heterocycles. The highest BCUT2D eigenvalue weighted by atomic mass is 32.2. The smallest absolute Gasteiger partial charge is 0.269 e. The molecule has 0 atom stereocenters. The van der Waals surface area contributed by atoms with Gasteiger partial charge >= 0.3 is 0 Å². The molecule has 3 rings (SSSR count). The summed E-state index contributed by atoms with van der Waals surface area (Å²) in [4.78, 5) is 20.3. The number of anilines is 2. The van der Waals surface area contributed by atoms with Gasteiger partial charge in [0.15, 0.2) is 0 Å². The first-order valence-electron chi connectivity index (χ1n) is 13.4. The molecule has 0 fully saturated rings. The molecule has 13 nitrogen and oxygen atoms in total. The highest BCUT2D eigenvalue weighted by Crippen LogP contribution is 2.20. The summed E-state index contributed by atoms with van der Waals surface area (Å²) >= 11 is 0. The van der Waals surface area contributed by atoms with Crippen molar-refractivity contribution < 1.29 is 32.4 Å². The number of nitro benzene ring substituents is 2. The summed E-state index contributed by atoms with van der Waals surface area (Å²) in [5, 5.41) is 36.9. The van der Waals surface area contributed by atoms with Gasteiger partial charge in [0, 0.05) is 61.6 Å². The first-order valence-corrected chi connectivity index (χ1v) is 14.8. The zero-order valence-corrected chi connectivity index (χ0v) is 25.0. The van der Waals surface area contributed by atoms with Gasteiger partial charge in [-0.25, -0.2) is 8.42 Å². The minimum absolute atomic E-state index is 0.0862. The highest BCUT2D eigenvalue weighted by molar-refractivity contribution is 7.85. The molecule has 3 aromatic rings. The molecule has 3 N–H and O–H groups in total. The number of nitrogens with one attached hydrogen (secondary N) is 2. The lowest BCUT2D eigenvalue weighted by molar-refractivity contribution is -0.904. The Morgan fingerprint density at radius 1 is 0.860 bits per heavy atom. The van der Waals surface area contributed by atoms with E-state index in [1.807, 2.05) is 6.08 Å². The fourth-order valence-corrected chi connectivity index (χ4v) is 4.98. The maximum Gasteiger partial charge on any atom is 0.269 e. The maximum atomic E-state index is 10.7. The van der Waals surface area contributed by atoms with Crippen LogP contribution in [0.1, 0.15) is 18.4 Å². The molecule has 3 aromatic carbocycles. The van der Waals surface area contributed by atoms with E-state index >= 15 is 0 Å². The second-order valence-electron chi connectivity index (χ2n) is 10.1. The van der Waals surface area contributed by atoms with Crippen LogP contribution < -0.4 is 10.6 Å². The molecule has 0 bridgehead atoms. The van der Waals surface area contributed by atoms with Gasteiger partial charge < -0.3 is 24.8 Å². The molecular formula is C29H37N5O8S.